The molecule has 0 radical (unpaired) electrons. The normalized spacial score (nSPS) is 16.6. The van der Waals surface area contributed by atoms with Gasteiger partial charge in [0.2, 0.25) is 0 Å². The Morgan fingerprint density at radius 2 is 1.71 bits per heavy atom. The van der Waals surface area contributed by atoms with Crippen LogP contribution in [0.2, 0.25) is 0 Å². The van der Waals surface area contributed by atoms with E-state index in [9.17, 15) is 0 Å². The molecule has 6 nitrogen and oxygen atoms in total. The number of nitrogens with one attached hydrogen (secondary N) is 2. The number of aliphatic hydroxyl groups excluding tert-OH is 3. The Morgan fingerprint density at radius 1 is 1.00 bits per heavy atom. The van der Waals surface area contributed by atoms with Crippen LogP contribution in [0.5, 0.6) is 0 Å². The first kappa shape index (κ1) is 18.3. The molecule has 132 valence electrons. The van der Waals surface area contributed by atoms with Gasteiger partial charge in [-0.1, -0.05) is 12.2 Å². The van der Waals surface area contributed by atoms with Gasteiger partial charge in [-0.25, -0.2) is 0 Å². The summed E-state index contributed by atoms with van der Waals surface area (Å²) in [5, 5.41) is 33.7. The van der Waals surface area contributed by atoms with Gasteiger partial charge in [0.05, 0.1) is 25.9 Å². The van der Waals surface area contributed by atoms with Crippen LogP contribution in [0.4, 0.5) is 11.4 Å². The molecule has 1 aromatic carbocycles. The number of anilines is 2. The molecule has 0 saturated heterocycles. The second-order valence-electron chi connectivity index (χ2n) is 5.63. The molecule has 5 N–H and O–H groups in total. The van der Waals surface area contributed by atoms with Crippen molar-refractivity contribution >= 4 is 11.4 Å². The van der Waals surface area contributed by atoms with E-state index in [-0.39, 0.29) is 25.9 Å². The van der Waals surface area contributed by atoms with Crippen LogP contribution in [0, 0.1) is 0 Å². The minimum atomic E-state index is 0.0568. The van der Waals surface area contributed by atoms with Gasteiger partial charge in [0.25, 0.3) is 0 Å². The van der Waals surface area contributed by atoms with E-state index in [2.05, 4.69) is 28.9 Å². The molecule has 0 heterocycles. The van der Waals surface area contributed by atoms with Crippen LogP contribution in [-0.2, 0) is 0 Å². The van der Waals surface area contributed by atoms with E-state index in [0.29, 0.717) is 19.6 Å². The zero-order chi connectivity index (χ0) is 17.2. The SMILES string of the molecule is OCCNC1=CC(Nc2ccc(N(CCO)CCO)cc2)C=CC1. The van der Waals surface area contributed by atoms with Crippen LogP contribution in [0.1, 0.15) is 6.42 Å². The van der Waals surface area contributed by atoms with Crippen molar-refractivity contribution in [1.82, 2.24) is 5.32 Å². The summed E-state index contributed by atoms with van der Waals surface area (Å²) >= 11 is 0. The van der Waals surface area contributed by atoms with E-state index < -0.39 is 0 Å². The van der Waals surface area contributed by atoms with Crippen LogP contribution >= 0.6 is 0 Å². The zero-order valence-corrected chi connectivity index (χ0v) is 13.9. The molecular weight excluding hydrogens is 306 g/mol. The number of hydrogen-bond acceptors (Lipinski definition) is 6. The van der Waals surface area contributed by atoms with Gasteiger partial charge in [-0.05, 0) is 30.3 Å². The molecule has 0 amide bonds. The number of aliphatic hydroxyl groups is 3. The largest absolute Gasteiger partial charge is 0.395 e. The third-order valence-corrected chi connectivity index (χ3v) is 3.83. The lowest BCUT2D eigenvalue weighted by Gasteiger charge is -2.24. The van der Waals surface area contributed by atoms with Gasteiger partial charge in [-0.15, -0.1) is 0 Å². The van der Waals surface area contributed by atoms with Crippen molar-refractivity contribution in [2.24, 2.45) is 0 Å². The highest BCUT2D eigenvalue weighted by Crippen LogP contribution is 2.20. The molecule has 2 rings (SSSR count). The Kier molecular flexibility index (Phi) is 7.61. The molecule has 0 bridgehead atoms. The Balaban J connectivity index is 1.96. The van der Waals surface area contributed by atoms with Gasteiger partial charge < -0.3 is 30.9 Å². The molecule has 1 atom stereocenters. The third kappa shape index (κ3) is 5.56. The van der Waals surface area contributed by atoms with Crippen molar-refractivity contribution in [3.63, 3.8) is 0 Å². The monoisotopic (exact) mass is 333 g/mol. The Labute approximate surface area is 143 Å². The van der Waals surface area contributed by atoms with Crippen LogP contribution in [0.15, 0.2) is 48.2 Å². The lowest BCUT2D eigenvalue weighted by atomic mass is 10.1. The Bertz CT molecular complexity index is 537. The first-order valence-electron chi connectivity index (χ1n) is 8.32. The van der Waals surface area contributed by atoms with Gasteiger partial charge in [-0.3, -0.25) is 0 Å². The number of nitrogens with zero attached hydrogens (tertiary/aromatic N) is 1. The van der Waals surface area contributed by atoms with Crippen LogP contribution in [0.3, 0.4) is 0 Å². The second-order valence-corrected chi connectivity index (χ2v) is 5.63. The summed E-state index contributed by atoms with van der Waals surface area (Å²) in [4.78, 5) is 1.95. The first-order chi connectivity index (χ1) is 11.8. The predicted molar refractivity (Wildman–Crippen MR) is 97.2 cm³/mol. The lowest BCUT2D eigenvalue weighted by Crippen LogP contribution is -2.29. The molecule has 0 spiro atoms. The number of benzene rings is 1. The van der Waals surface area contributed by atoms with Gasteiger partial charge >= 0.3 is 0 Å². The number of hydrogen-bond donors (Lipinski definition) is 5. The lowest BCUT2D eigenvalue weighted by molar-refractivity contribution is 0.281. The molecular formula is C18H27N3O3. The summed E-state index contributed by atoms with van der Waals surface area (Å²) in [6, 6.07) is 8.06. The number of allylic oxidation sites excluding steroid dienone is 1. The van der Waals surface area contributed by atoms with Crippen molar-refractivity contribution in [1.29, 1.82) is 0 Å². The van der Waals surface area contributed by atoms with Crippen molar-refractivity contribution in [3.8, 4) is 0 Å². The fourth-order valence-corrected chi connectivity index (χ4v) is 2.69. The average Bonchev–Trinajstić information content (AvgIpc) is 2.61. The fourth-order valence-electron chi connectivity index (χ4n) is 2.69. The van der Waals surface area contributed by atoms with Crippen LogP contribution in [0.25, 0.3) is 0 Å². The molecule has 6 heteroatoms. The fraction of sp³-hybridized carbons (Fsp3) is 0.444. The zero-order valence-electron chi connectivity index (χ0n) is 13.9. The standard InChI is InChI=1S/C18H27N3O3/c22-11-8-19-16-2-1-3-17(14-16)20-15-4-6-18(7-5-15)21(9-12-23)10-13-24/h1,3-7,14,17,19-20,22-24H,2,8-13H2. The summed E-state index contributed by atoms with van der Waals surface area (Å²) in [7, 11) is 0. The Hall–Kier alpha value is -2.02. The maximum absolute atomic E-state index is 9.11. The molecule has 0 aromatic heterocycles. The van der Waals surface area contributed by atoms with Gasteiger partial charge in [0.15, 0.2) is 0 Å². The quantitative estimate of drug-likeness (QED) is 0.405. The van der Waals surface area contributed by atoms with E-state index in [1.165, 1.54) is 0 Å². The van der Waals surface area contributed by atoms with E-state index in [1.54, 1.807) is 0 Å². The smallest absolute Gasteiger partial charge is 0.0648 e. The maximum Gasteiger partial charge on any atom is 0.0648 e. The topological polar surface area (TPSA) is 88.0 Å². The van der Waals surface area contributed by atoms with Crippen LogP contribution in [-0.4, -0.2) is 60.8 Å². The van der Waals surface area contributed by atoms with Crippen molar-refractivity contribution in [2.75, 3.05) is 49.7 Å². The first-order valence-corrected chi connectivity index (χ1v) is 8.32. The van der Waals surface area contributed by atoms with Gasteiger partial charge in [0, 0.05) is 43.1 Å². The van der Waals surface area contributed by atoms with E-state index in [0.717, 1.165) is 23.5 Å². The molecule has 1 aromatic rings. The highest BCUT2D eigenvalue weighted by molar-refractivity contribution is 5.56. The Morgan fingerprint density at radius 3 is 2.33 bits per heavy atom. The molecule has 24 heavy (non-hydrogen) atoms. The van der Waals surface area contributed by atoms with Crippen molar-refractivity contribution in [2.45, 2.75) is 12.5 Å². The highest BCUT2D eigenvalue weighted by Gasteiger charge is 2.09. The van der Waals surface area contributed by atoms with Gasteiger partial charge in [-0.2, -0.15) is 0 Å². The molecule has 0 fully saturated rings. The van der Waals surface area contributed by atoms with Crippen LogP contribution < -0.4 is 15.5 Å². The molecule has 1 unspecified atom stereocenters. The summed E-state index contributed by atoms with van der Waals surface area (Å²) in [5.74, 6) is 0. The minimum Gasteiger partial charge on any atom is -0.395 e. The van der Waals surface area contributed by atoms with E-state index >= 15 is 0 Å². The number of rotatable bonds is 10. The van der Waals surface area contributed by atoms with Crippen molar-refractivity contribution in [3.05, 3.63) is 48.2 Å². The average molecular weight is 333 g/mol. The summed E-state index contributed by atoms with van der Waals surface area (Å²) < 4.78 is 0. The third-order valence-electron chi connectivity index (χ3n) is 3.83. The van der Waals surface area contributed by atoms with E-state index in [4.69, 9.17) is 15.3 Å². The highest BCUT2D eigenvalue weighted by atomic mass is 16.3. The van der Waals surface area contributed by atoms with Crippen molar-refractivity contribution < 1.29 is 15.3 Å². The molecule has 0 aliphatic heterocycles. The molecule has 1 aliphatic carbocycles. The predicted octanol–water partition coefficient (Wildman–Crippen LogP) is 0.684. The van der Waals surface area contributed by atoms with E-state index in [1.807, 2.05) is 29.2 Å². The molecule has 0 saturated carbocycles. The summed E-state index contributed by atoms with van der Waals surface area (Å²) in [6.45, 7) is 1.80. The van der Waals surface area contributed by atoms with Gasteiger partial charge in [0.1, 0.15) is 0 Å². The molecule has 1 aliphatic rings. The minimum absolute atomic E-state index is 0.0568. The summed E-state index contributed by atoms with van der Waals surface area (Å²) in [6.07, 6.45) is 7.19. The summed E-state index contributed by atoms with van der Waals surface area (Å²) in [5.41, 5.74) is 3.09. The second kappa shape index (κ2) is 9.97. The maximum atomic E-state index is 9.11.